The summed E-state index contributed by atoms with van der Waals surface area (Å²) in [5.74, 6) is 0.701. The number of nitrogens with one attached hydrogen (secondary N) is 1. The highest BCUT2D eigenvalue weighted by Crippen LogP contribution is 2.33. The topological polar surface area (TPSA) is 15.3 Å². The Morgan fingerprint density at radius 3 is 3.11 bits per heavy atom. The van der Waals surface area contributed by atoms with Crippen LogP contribution in [0.15, 0.2) is 35.9 Å². The Hall–Kier alpha value is -1.28. The number of nitrogens with zero attached hydrogens (tertiary/aromatic N) is 1. The molecule has 0 aliphatic carbocycles. The molecule has 0 radical (unpaired) electrons. The molecule has 2 heterocycles. The quantitative estimate of drug-likeness (QED) is 0.819. The zero-order chi connectivity index (χ0) is 12.4. The van der Waals surface area contributed by atoms with Gasteiger partial charge in [0, 0.05) is 31.2 Å². The van der Waals surface area contributed by atoms with E-state index in [0.717, 1.165) is 6.54 Å². The van der Waals surface area contributed by atoms with E-state index in [0.29, 0.717) is 5.92 Å². The van der Waals surface area contributed by atoms with E-state index in [-0.39, 0.29) is 0 Å². The highest BCUT2D eigenvalue weighted by atomic mass is 15.1. The standard InChI is InChI=1S/C16H22N2/c1-13-5-4-9-18(12-13)10-8-14-11-17-16-7-3-2-6-15(14)16/h2-3,5-7,14,17H,4,8-12H2,1H3. The number of hydrogen-bond donors (Lipinski definition) is 1. The van der Waals surface area contributed by atoms with Gasteiger partial charge < -0.3 is 5.32 Å². The molecule has 18 heavy (non-hydrogen) atoms. The van der Waals surface area contributed by atoms with Gasteiger partial charge in [-0.3, -0.25) is 4.90 Å². The number of para-hydroxylation sites is 1. The van der Waals surface area contributed by atoms with Crippen molar-refractivity contribution < 1.29 is 0 Å². The first-order valence-electron chi connectivity index (χ1n) is 7.04. The van der Waals surface area contributed by atoms with Crippen molar-refractivity contribution in [3.8, 4) is 0 Å². The predicted molar refractivity (Wildman–Crippen MR) is 77.1 cm³/mol. The van der Waals surface area contributed by atoms with Gasteiger partial charge in [-0.2, -0.15) is 0 Å². The molecular weight excluding hydrogens is 220 g/mol. The van der Waals surface area contributed by atoms with Crippen LogP contribution in [0.25, 0.3) is 0 Å². The van der Waals surface area contributed by atoms with E-state index in [9.17, 15) is 0 Å². The third kappa shape index (κ3) is 2.44. The lowest BCUT2D eigenvalue weighted by atomic mass is 9.97. The molecule has 0 saturated heterocycles. The van der Waals surface area contributed by atoms with Gasteiger partial charge in [0.15, 0.2) is 0 Å². The van der Waals surface area contributed by atoms with Crippen LogP contribution < -0.4 is 5.32 Å². The Morgan fingerprint density at radius 1 is 1.33 bits per heavy atom. The number of anilines is 1. The third-order valence-electron chi connectivity index (χ3n) is 4.14. The normalized spacial score (nSPS) is 23.4. The minimum absolute atomic E-state index is 0.701. The number of fused-ring (bicyclic) bond motifs is 1. The van der Waals surface area contributed by atoms with Gasteiger partial charge in [-0.25, -0.2) is 0 Å². The van der Waals surface area contributed by atoms with E-state index in [2.05, 4.69) is 47.5 Å². The maximum atomic E-state index is 3.52. The van der Waals surface area contributed by atoms with Crippen molar-refractivity contribution in [1.82, 2.24) is 4.90 Å². The van der Waals surface area contributed by atoms with Crippen LogP contribution in [0, 0.1) is 0 Å². The summed E-state index contributed by atoms with van der Waals surface area (Å²) in [6, 6.07) is 8.75. The van der Waals surface area contributed by atoms with Crippen molar-refractivity contribution in [2.75, 3.05) is 31.5 Å². The number of rotatable bonds is 3. The first-order chi connectivity index (χ1) is 8.83. The second kappa shape index (κ2) is 5.15. The predicted octanol–water partition coefficient (Wildman–Crippen LogP) is 3.24. The summed E-state index contributed by atoms with van der Waals surface area (Å²) < 4.78 is 0. The van der Waals surface area contributed by atoms with E-state index in [4.69, 9.17) is 0 Å². The zero-order valence-corrected chi connectivity index (χ0v) is 11.2. The molecule has 2 heteroatoms. The molecule has 0 amide bonds. The Morgan fingerprint density at radius 2 is 2.22 bits per heavy atom. The lowest BCUT2D eigenvalue weighted by molar-refractivity contribution is 0.280. The summed E-state index contributed by atoms with van der Waals surface area (Å²) in [6.07, 6.45) is 4.88. The second-order valence-corrected chi connectivity index (χ2v) is 5.57. The van der Waals surface area contributed by atoms with Crippen LogP contribution in [0.5, 0.6) is 0 Å². The van der Waals surface area contributed by atoms with Gasteiger partial charge in [-0.15, -0.1) is 0 Å². The first kappa shape index (κ1) is 11.8. The van der Waals surface area contributed by atoms with E-state index < -0.39 is 0 Å². The third-order valence-corrected chi connectivity index (χ3v) is 4.14. The van der Waals surface area contributed by atoms with Crippen LogP contribution >= 0.6 is 0 Å². The molecule has 0 spiro atoms. The van der Waals surface area contributed by atoms with E-state index in [1.165, 1.54) is 49.3 Å². The molecule has 0 bridgehead atoms. The molecule has 1 atom stereocenters. The van der Waals surface area contributed by atoms with Crippen molar-refractivity contribution in [3.05, 3.63) is 41.5 Å². The smallest absolute Gasteiger partial charge is 0.0376 e. The highest BCUT2D eigenvalue weighted by molar-refractivity contribution is 5.57. The first-order valence-corrected chi connectivity index (χ1v) is 7.04. The molecule has 1 unspecified atom stereocenters. The SMILES string of the molecule is CC1=CCCN(CCC2CNc3ccccc32)C1. The maximum absolute atomic E-state index is 3.52. The molecule has 0 aromatic heterocycles. The van der Waals surface area contributed by atoms with Crippen LogP contribution in [0.4, 0.5) is 5.69 Å². The van der Waals surface area contributed by atoms with Gasteiger partial charge >= 0.3 is 0 Å². The summed E-state index contributed by atoms with van der Waals surface area (Å²) in [6.45, 7) is 6.99. The fourth-order valence-corrected chi connectivity index (χ4v) is 3.13. The molecule has 1 N–H and O–H groups in total. The van der Waals surface area contributed by atoms with Crippen LogP contribution in [0.3, 0.4) is 0 Å². The summed E-state index contributed by atoms with van der Waals surface area (Å²) >= 11 is 0. The Bertz CT molecular complexity index is 450. The van der Waals surface area contributed by atoms with E-state index in [1.807, 2.05) is 0 Å². The lowest BCUT2D eigenvalue weighted by Crippen LogP contribution is -2.31. The van der Waals surface area contributed by atoms with Crippen LogP contribution in [0.2, 0.25) is 0 Å². The Kier molecular flexibility index (Phi) is 3.37. The Balaban J connectivity index is 1.57. The molecule has 2 aliphatic heterocycles. The molecular formula is C16H22N2. The molecule has 3 rings (SSSR count). The number of hydrogen-bond acceptors (Lipinski definition) is 2. The largest absolute Gasteiger partial charge is 0.384 e. The lowest BCUT2D eigenvalue weighted by Gasteiger charge is -2.27. The molecule has 1 aromatic carbocycles. The van der Waals surface area contributed by atoms with E-state index in [1.54, 1.807) is 0 Å². The minimum Gasteiger partial charge on any atom is -0.384 e. The van der Waals surface area contributed by atoms with Gasteiger partial charge in [-0.1, -0.05) is 29.8 Å². The fraction of sp³-hybridized carbons (Fsp3) is 0.500. The molecule has 2 nitrogen and oxygen atoms in total. The minimum atomic E-state index is 0.701. The van der Waals surface area contributed by atoms with E-state index >= 15 is 0 Å². The van der Waals surface area contributed by atoms with Crippen molar-refractivity contribution in [3.63, 3.8) is 0 Å². The maximum Gasteiger partial charge on any atom is 0.0376 e. The molecule has 2 aliphatic rings. The van der Waals surface area contributed by atoms with Crippen molar-refractivity contribution in [2.45, 2.75) is 25.7 Å². The number of benzene rings is 1. The van der Waals surface area contributed by atoms with Crippen molar-refractivity contribution in [2.24, 2.45) is 0 Å². The fourth-order valence-electron chi connectivity index (χ4n) is 3.13. The molecule has 96 valence electrons. The second-order valence-electron chi connectivity index (χ2n) is 5.57. The zero-order valence-electron chi connectivity index (χ0n) is 11.2. The summed E-state index contributed by atoms with van der Waals surface area (Å²) in [5.41, 5.74) is 4.39. The van der Waals surface area contributed by atoms with Gasteiger partial charge in [0.25, 0.3) is 0 Å². The average Bonchev–Trinajstić information content (AvgIpc) is 2.80. The van der Waals surface area contributed by atoms with Crippen molar-refractivity contribution in [1.29, 1.82) is 0 Å². The molecule has 1 aromatic rings. The molecule has 0 fully saturated rings. The van der Waals surface area contributed by atoms with Crippen molar-refractivity contribution >= 4 is 5.69 Å². The van der Waals surface area contributed by atoms with Crippen LogP contribution in [-0.4, -0.2) is 31.1 Å². The summed E-state index contributed by atoms with van der Waals surface area (Å²) in [5, 5.41) is 3.52. The van der Waals surface area contributed by atoms with Crippen LogP contribution in [0.1, 0.15) is 31.2 Å². The van der Waals surface area contributed by atoms with Gasteiger partial charge in [0.2, 0.25) is 0 Å². The monoisotopic (exact) mass is 242 g/mol. The molecule has 0 saturated carbocycles. The average molecular weight is 242 g/mol. The van der Waals surface area contributed by atoms with Gasteiger partial charge in [0.05, 0.1) is 0 Å². The Labute approximate surface area is 110 Å². The van der Waals surface area contributed by atoms with Crippen LogP contribution in [-0.2, 0) is 0 Å². The summed E-state index contributed by atoms with van der Waals surface area (Å²) in [7, 11) is 0. The van der Waals surface area contributed by atoms with Gasteiger partial charge in [0.1, 0.15) is 0 Å². The summed E-state index contributed by atoms with van der Waals surface area (Å²) in [4.78, 5) is 2.59. The van der Waals surface area contributed by atoms with Gasteiger partial charge in [-0.05, 0) is 37.9 Å². The highest BCUT2D eigenvalue weighted by Gasteiger charge is 2.22.